The maximum atomic E-state index is 10.6. The molecule has 1 aromatic carbocycles. The fourth-order valence-corrected chi connectivity index (χ4v) is 2.36. The van der Waals surface area contributed by atoms with Gasteiger partial charge in [0.1, 0.15) is 5.75 Å². The smallest absolute Gasteiger partial charge is 0.123 e. The Kier molecular flexibility index (Phi) is 6.74. The standard InChI is InChI=1S/C17H30N2O.ClH/c1-16(2,3)12-9-11(14(19)7-8-18)10-13(15(12)20)17(4,5)6;/h9-10,14,20H,7-8,18-19H2,1-6H3;1H/t14-;/m1./s1. The van der Waals surface area contributed by atoms with Gasteiger partial charge in [0, 0.05) is 6.04 Å². The van der Waals surface area contributed by atoms with Gasteiger partial charge in [0.2, 0.25) is 0 Å². The minimum Gasteiger partial charge on any atom is -0.507 e. The van der Waals surface area contributed by atoms with E-state index < -0.39 is 0 Å². The average molecular weight is 315 g/mol. The average Bonchev–Trinajstić information content (AvgIpc) is 2.26. The van der Waals surface area contributed by atoms with E-state index in [0.29, 0.717) is 12.3 Å². The molecule has 0 saturated carbocycles. The summed E-state index contributed by atoms with van der Waals surface area (Å²) in [6.07, 6.45) is 0.748. The molecule has 0 aliphatic heterocycles. The van der Waals surface area contributed by atoms with E-state index >= 15 is 0 Å². The Bertz CT molecular complexity index is 438. The van der Waals surface area contributed by atoms with Crippen LogP contribution in [0.4, 0.5) is 0 Å². The molecule has 0 spiro atoms. The van der Waals surface area contributed by atoms with Crippen molar-refractivity contribution in [2.45, 2.75) is 64.8 Å². The molecule has 0 radical (unpaired) electrons. The van der Waals surface area contributed by atoms with Crippen LogP contribution in [0, 0.1) is 0 Å². The lowest BCUT2D eigenvalue weighted by Gasteiger charge is -2.29. The van der Waals surface area contributed by atoms with Gasteiger partial charge in [-0.3, -0.25) is 0 Å². The zero-order chi connectivity index (χ0) is 15.7. The van der Waals surface area contributed by atoms with Crippen LogP contribution >= 0.6 is 12.4 Å². The van der Waals surface area contributed by atoms with Crippen LogP contribution in [-0.2, 0) is 10.8 Å². The number of benzene rings is 1. The molecule has 0 fully saturated rings. The van der Waals surface area contributed by atoms with Crippen molar-refractivity contribution in [3.8, 4) is 5.75 Å². The van der Waals surface area contributed by atoms with Crippen LogP contribution in [0.25, 0.3) is 0 Å². The highest BCUT2D eigenvalue weighted by Crippen LogP contribution is 2.40. The van der Waals surface area contributed by atoms with E-state index in [4.69, 9.17) is 11.5 Å². The highest BCUT2D eigenvalue weighted by molar-refractivity contribution is 5.85. The van der Waals surface area contributed by atoms with Crippen molar-refractivity contribution in [2.24, 2.45) is 11.5 Å². The van der Waals surface area contributed by atoms with Crippen molar-refractivity contribution >= 4 is 12.4 Å². The number of hydrogen-bond acceptors (Lipinski definition) is 3. The summed E-state index contributed by atoms with van der Waals surface area (Å²) >= 11 is 0. The molecule has 4 heteroatoms. The van der Waals surface area contributed by atoms with Crippen molar-refractivity contribution in [3.05, 3.63) is 28.8 Å². The molecule has 1 rings (SSSR count). The molecule has 1 aromatic rings. The van der Waals surface area contributed by atoms with Crippen LogP contribution in [0.3, 0.4) is 0 Å². The molecule has 0 amide bonds. The Labute approximate surface area is 135 Å². The van der Waals surface area contributed by atoms with E-state index in [1.165, 1.54) is 0 Å². The molecular formula is C17H31ClN2O. The zero-order valence-corrected chi connectivity index (χ0v) is 15.0. The van der Waals surface area contributed by atoms with Crippen LogP contribution in [-0.4, -0.2) is 11.7 Å². The van der Waals surface area contributed by atoms with Gasteiger partial charge in [-0.1, -0.05) is 53.7 Å². The summed E-state index contributed by atoms with van der Waals surface area (Å²) in [5, 5.41) is 10.6. The van der Waals surface area contributed by atoms with Gasteiger partial charge < -0.3 is 16.6 Å². The van der Waals surface area contributed by atoms with Crippen molar-refractivity contribution in [1.82, 2.24) is 0 Å². The predicted octanol–water partition coefficient (Wildman–Crippen LogP) is 3.76. The zero-order valence-electron chi connectivity index (χ0n) is 14.2. The molecule has 0 aliphatic rings. The normalized spacial score (nSPS) is 13.7. The van der Waals surface area contributed by atoms with Gasteiger partial charge in [-0.15, -0.1) is 12.4 Å². The van der Waals surface area contributed by atoms with E-state index in [2.05, 4.69) is 41.5 Å². The van der Waals surface area contributed by atoms with Crippen molar-refractivity contribution < 1.29 is 5.11 Å². The first-order valence-electron chi connectivity index (χ1n) is 7.32. The first-order chi connectivity index (χ1) is 8.98. The first kappa shape index (κ1) is 20.2. The first-order valence-corrected chi connectivity index (χ1v) is 7.32. The largest absolute Gasteiger partial charge is 0.507 e. The van der Waals surface area contributed by atoms with Crippen LogP contribution < -0.4 is 11.5 Å². The fourth-order valence-electron chi connectivity index (χ4n) is 2.36. The maximum Gasteiger partial charge on any atom is 0.123 e. The third-order valence-corrected chi connectivity index (χ3v) is 3.65. The quantitative estimate of drug-likeness (QED) is 0.795. The second-order valence-corrected chi connectivity index (χ2v) is 7.65. The number of aromatic hydroxyl groups is 1. The molecule has 0 bridgehead atoms. The van der Waals surface area contributed by atoms with Crippen molar-refractivity contribution in [1.29, 1.82) is 0 Å². The van der Waals surface area contributed by atoms with Gasteiger partial charge in [0.25, 0.3) is 0 Å². The lowest BCUT2D eigenvalue weighted by Crippen LogP contribution is -2.21. The molecule has 0 saturated heterocycles. The van der Waals surface area contributed by atoms with Crippen molar-refractivity contribution in [2.75, 3.05) is 6.54 Å². The second-order valence-electron chi connectivity index (χ2n) is 7.65. The van der Waals surface area contributed by atoms with E-state index in [1.54, 1.807) is 0 Å². The number of hydrogen-bond donors (Lipinski definition) is 3. The second kappa shape index (κ2) is 6.99. The Hall–Kier alpha value is -0.770. The summed E-state index contributed by atoms with van der Waals surface area (Å²) in [4.78, 5) is 0. The van der Waals surface area contributed by atoms with Gasteiger partial charge in [0.05, 0.1) is 0 Å². The van der Waals surface area contributed by atoms with E-state index in [-0.39, 0.29) is 29.3 Å². The lowest BCUT2D eigenvalue weighted by atomic mass is 9.77. The maximum absolute atomic E-state index is 10.6. The molecule has 5 N–H and O–H groups in total. The summed E-state index contributed by atoms with van der Waals surface area (Å²) in [6, 6.07) is 3.98. The van der Waals surface area contributed by atoms with Crippen molar-refractivity contribution in [3.63, 3.8) is 0 Å². The highest BCUT2D eigenvalue weighted by Gasteiger charge is 2.27. The SMILES string of the molecule is CC(C)(C)c1cc([C@H](N)CCN)cc(C(C)(C)C)c1O.Cl. The number of halogens is 1. The third-order valence-electron chi connectivity index (χ3n) is 3.65. The van der Waals surface area contributed by atoms with Gasteiger partial charge >= 0.3 is 0 Å². The molecule has 0 aliphatic carbocycles. The number of phenols is 1. The van der Waals surface area contributed by atoms with Crippen LogP contribution in [0.1, 0.15) is 70.7 Å². The molecule has 0 heterocycles. The van der Waals surface area contributed by atoms with Crippen LogP contribution in [0.15, 0.2) is 12.1 Å². The molecular weight excluding hydrogens is 284 g/mol. The fraction of sp³-hybridized carbons (Fsp3) is 0.647. The van der Waals surface area contributed by atoms with Crippen LogP contribution in [0.5, 0.6) is 5.75 Å². The van der Waals surface area contributed by atoms with Crippen LogP contribution in [0.2, 0.25) is 0 Å². The molecule has 21 heavy (non-hydrogen) atoms. The van der Waals surface area contributed by atoms with E-state index in [0.717, 1.165) is 23.1 Å². The van der Waals surface area contributed by atoms with Gasteiger partial charge in [0.15, 0.2) is 0 Å². The lowest BCUT2D eigenvalue weighted by molar-refractivity contribution is 0.422. The van der Waals surface area contributed by atoms with Gasteiger partial charge in [-0.05, 0) is 40.5 Å². The minimum atomic E-state index is -0.122. The summed E-state index contributed by atoms with van der Waals surface area (Å²) in [5.74, 6) is 0.397. The summed E-state index contributed by atoms with van der Waals surface area (Å²) in [7, 11) is 0. The minimum absolute atomic E-state index is 0. The van der Waals surface area contributed by atoms with Gasteiger partial charge in [-0.2, -0.15) is 0 Å². The number of phenolic OH excluding ortho intramolecular Hbond substituents is 1. The molecule has 0 aromatic heterocycles. The highest BCUT2D eigenvalue weighted by atomic mass is 35.5. The molecule has 122 valence electrons. The topological polar surface area (TPSA) is 72.3 Å². The predicted molar refractivity (Wildman–Crippen MR) is 93.4 cm³/mol. The molecule has 3 nitrogen and oxygen atoms in total. The Morgan fingerprint density at radius 1 is 1.00 bits per heavy atom. The summed E-state index contributed by atoms with van der Waals surface area (Å²) in [6.45, 7) is 13.2. The summed E-state index contributed by atoms with van der Waals surface area (Å²) < 4.78 is 0. The van der Waals surface area contributed by atoms with E-state index in [9.17, 15) is 5.11 Å². The third kappa shape index (κ3) is 4.87. The van der Waals surface area contributed by atoms with Gasteiger partial charge in [-0.25, -0.2) is 0 Å². The Morgan fingerprint density at radius 2 is 1.38 bits per heavy atom. The summed E-state index contributed by atoms with van der Waals surface area (Å²) in [5.41, 5.74) is 14.5. The number of rotatable bonds is 3. The number of nitrogens with two attached hydrogens (primary N) is 2. The Morgan fingerprint density at radius 3 is 1.67 bits per heavy atom. The molecule has 1 atom stereocenters. The monoisotopic (exact) mass is 314 g/mol. The van der Waals surface area contributed by atoms with E-state index in [1.807, 2.05) is 12.1 Å². The molecule has 0 unspecified atom stereocenters. The Balaban J connectivity index is 0.00000400.